The molecule has 0 radical (unpaired) electrons. The zero-order valence-electron chi connectivity index (χ0n) is 37.2. The number of sulfonamides is 1. The predicted octanol–water partition coefficient (Wildman–Crippen LogP) is 6.21. The second-order valence-corrected chi connectivity index (χ2v) is 22.4. The van der Waals surface area contributed by atoms with E-state index in [-0.39, 0.29) is 36.9 Å². The molecule has 1 aromatic carbocycles. The Balaban J connectivity index is 1.31. The summed E-state index contributed by atoms with van der Waals surface area (Å²) < 4.78 is 51.9. The number of benzene rings is 1. The first-order valence-electron chi connectivity index (χ1n) is 21.2. The first-order chi connectivity index (χ1) is 29.5. The average Bonchev–Trinajstić information content (AvgIpc) is 4.08. The molecule has 0 unspecified atom stereocenters. The molecule has 3 aromatic rings. The fourth-order valence-corrected chi connectivity index (χ4v) is 10.9. The molecule has 2 aromatic heterocycles. The minimum absolute atomic E-state index is 0.0576. The second kappa shape index (κ2) is 17.1. The van der Waals surface area contributed by atoms with Crippen LogP contribution in [-0.4, -0.2) is 119 Å². The highest BCUT2D eigenvalue weighted by Crippen LogP contribution is 2.47. The van der Waals surface area contributed by atoms with Gasteiger partial charge in [-0.2, -0.15) is 0 Å². The predicted molar refractivity (Wildman–Crippen MR) is 238 cm³/mol. The van der Waals surface area contributed by atoms with Crippen LogP contribution >= 0.6 is 22.9 Å². The number of nitrogens with one attached hydrogen (secondary N) is 2. The number of pyridine rings is 1. The number of halogens is 1. The lowest BCUT2D eigenvalue weighted by atomic mass is 9.82. The summed E-state index contributed by atoms with van der Waals surface area (Å²) in [5.41, 5.74) is -1.59. The van der Waals surface area contributed by atoms with Gasteiger partial charge in [0.05, 0.1) is 29.1 Å². The van der Waals surface area contributed by atoms with Gasteiger partial charge in [-0.15, -0.1) is 17.9 Å². The number of amides is 4. The van der Waals surface area contributed by atoms with Crippen molar-refractivity contribution in [1.82, 2.24) is 29.8 Å². The van der Waals surface area contributed by atoms with Gasteiger partial charge in [-0.25, -0.2) is 23.2 Å². The number of hydrogen-bond acceptors (Lipinski definition) is 13. The molecular weight excluding hydrogens is 872 g/mol. The zero-order chi connectivity index (χ0) is 46.0. The normalized spacial score (nSPS) is 24.9. The Bertz CT molecular complexity index is 2430. The van der Waals surface area contributed by atoms with Crippen LogP contribution in [0.2, 0.25) is 5.02 Å². The number of aromatic nitrogens is 2. The van der Waals surface area contributed by atoms with Crippen LogP contribution in [0, 0.1) is 11.3 Å². The van der Waals surface area contributed by atoms with Crippen LogP contribution in [0.4, 0.5) is 4.79 Å². The maximum absolute atomic E-state index is 15.1. The molecule has 4 aliphatic rings. The van der Waals surface area contributed by atoms with Gasteiger partial charge in [-0.3, -0.25) is 24.0 Å². The van der Waals surface area contributed by atoms with Crippen molar-refractivity contribution in [3.8, 4) is 22.2 Å². The molecule has 0 bridgehead atoms. The molecule has 4 heterocycles. The van der Waals surface area contributed by atoms with Crippen molar-refractivity contribution in [2.24, 2.45) is 11.3 Å². The third-order valence-electron chi connectivity index (χ3n) is 11.8. The fourth-order valence-electron chi connectivity index (χ4n) is 8.32. The smallest absolute Gasteiger partial charge is 0.411 e. The summed E-state index contributed by atoms with van der Waals surface area (Å²) in [6.07, 6.45) is 0.836. The van der Waals surface area contributed by atoms with Crippen LogP contribution in [0.1, 0.15) is 92.7 Å². The van der Waals surface area contributed by atoms with Crippen LogP contribution in [0.25, 0.3) is 21.6 Å². The van der Waals surface area contributed by atoms with E-state index >= 15 is 4.79 Å². The monoisotopic (exact) mass is 928 g/mol. The van der Waals surface area contributed by atoms with Crippen molar-refractivity contribution in [1.29, 1.82) is 0 Å². The molecule has 6 atom stereocenters. The van der Waals surface area contributed by atoms with E-state index in [0.717, 1.165) is 5.69 Å². The standard InChI is InChI=1S/C44H57ClN6O10S2/c1-11-24-20-44(24,40(54)49-63(56,57)25-12-13-25)48-37(52)29-19-33(30-21-50(41(55)61-43(7,8)9)36(42(4,5)6)39(53)51(29)30)60-32-18-27(38-47-28(22-62-38)23(2)3)46-35-26(32)14-15-31(34(35)45)59-17-16-58-10/h11,14-15,18,22-25,29-30,33,36H,1,12-13,16-17,19-21H2,2-10H3,(H,48,52)(H,49,54)/t24-,29+,30-,33-,36+,44-/m1/s1. The topological polar surface area (TPSA) is 196 Å². The van der Waals surface area contributed by atoms with E-state index in [2.05, 4.69) is 16.6 Å². The summed E-state index contributed by atoms with van der Waals surface area (Å²) in [6, 6.07) is 2.08. The minimum atomic E-state index is -3.95. The van der Waals surface area contributed by atoms with Crippen LogP contribution < -0.4 is 19.5 Å². The Kier molecular flexibility index (Phi) is 12.6. The Morgan fingerprint density at radius 3 is 2.40 bits per heavy atom. The van der Waals surface area contributed by atoms with E-state index in [1.165, 1.54) is 27.2 Å². The first-order valence-corrected chi connectivity index (χ1v) is 24.0. The zero-order valence-corrected chi connectivity index (χ0v) is 39.5. The van der Waals surface area contributed by atoms with Crippen molar-refractivity contribution < 1.29 is 46.5 Å². The Hall–Kier alpha value is -4.52. The van der Waals surface area contributed by atoms with Crippen molar-refractivity contribution >= 4 is 67.7 Å². The SMILES string of the molecule is C=C[C@@H]1C[C@]1(NC(=O)[C@@H]1C[C@@H](Oc2cc(-c3nc(C(C)C)cs3)nc3c(Cl)c(OCCOC)ccc23)[C@H]2CN(C(=O)OC(C)(C)C)[C@H](C(C)(C)C)C(=O)N21)C(=O)NS(=O)(=O)C1CC1. The van der Waals surface area contributed by atoms with Gasteiger partial charge < -0.3 is 29.2 Å². The highest BCUT2D eigenvalue weighted by molar-refractivity contribution is 7.91. The summed E-state index contributed by atoms with van der Waals surface area (Å²) >= 11 is 8.43. The second-order valence-electron chi connectivity index (χ2n) is 19.2. The number of carbonyl (C=O) groups is 4. The molecule has 2 saturated heterocycles. The summed E-state index contributed by atoms with van der Waals surface area (Å²) in [4.78, 5) is 70.3. The third-order valence-corrected chi connectivity index (χ3v) is 14.8. The molecule has 2 aliphatic heterocycles. The van der Waals surface area contributed by atoms with E-state index in [1.54, 1.807) is 46.1 Å². The van der Waals surface area contributed by atoms with E-state index in [9.17, 15) is 22.8 Å². The summed E-state index contributed by atoms with van der Waals surface area (Å²) in [5.74, 6) is -1.73. The Morgan fingerprint density at radius 1 is 1.10 bits per heavy atom. The molecule has 2 saturated carbocycles. The quantitative estimate of drug-likeness (QED) is 0.137. The van der Waals surface area contributed by atoms with Crippen LogP contribution in [-0.2, 0) is 33.9 Å². The largest absolute Gasteiger partial charge is 0.490 e. The van der Waals surface area contributed by atoms with Gasteiger partial charge in [0.1, 0.15) is 63.2 Å². The van der Waals surface area contributed by atoms with E-state index < -0.39 is 85.8 Å². The van der Waals surface area contributed by atoms with E-state index in [0.29, 0.717) is 52.6 Å². The molecule has 2 aliphatic carbocycles. The van der Waals surface area contributed by atoms with Crippen molar-refractivity contribution in [2.45, 2.75) is 128 Å². The summed E-state index contributed by atoms with van der Waals surface area (Å²) in [6.45, 7) is 19.1. The molecule has 342 valence electrons. The molecule has 2 N–H and O–H groups in total. The molecule has 0 spiro atoms. The highest BCUT2D eigenvalue weighted by atomic mass is 35.5. The van der Waals surface area contributed by atoms with Crippen molar-refractivity contribution in [3.05, 3.63) is 47.0 Å². The fraction of sp³-hybridized carbons (Fsp3) is 0.591. The van der Waals surface area contributed by atoms with Crippen molar-refractivity contribution in [3.63, 3.8) is 0 Å². The Labute approximate surface area is 377 Å². The maximum atomic E-state index is 15.1. The molecule has 7 rings (SSSR count). The number of carbonyl (C=O) groups excluding carboxylic acids is 4. The van der Waals surface area contributed by atoms with Crippen LogP contribution in [0.5, 0.6) is 11.5 Å². The molecule has 4 amide bonds. The van der Waals surface area contributed by atoms with Gasteiger partial charge in [0.25, 0.3) is 5.91 Å². The van der Waals surface area contributed by atoms with Gasteiger partial charge >= 0.3 is 6.09 Å². The lowest BCUT2D eigenvalue weighted by Crippen LogP contribution is -2.69. The number of rotatable bonds is 14. The first kappa shape index (κ1) is 46.5. The molecule has 19 heteroatoms. The van der Waals surface area contributed by atoms with E-state index in [4.69, 9.17) is 40.5 Å². The van der Waals surface area contributed by atoms with Crippen molar-refractivity contribution in [2.75, 3.05) is 26.9 Å². The molecule has 16 nitrogen and oxygen atoms in total. The minimum Gasteiger partial charge on any atom is -0.490 e. The molecule has 4 fully saturated rings. The van der Waals surface area contributed by atoms with E-state index in [1.807, 2.05) is 40.0 Å². The average molecular weight is 930 g/mol. The molecule has 63 heavy (non-hydrogen) atoms. The van der Waals surface area contributed by atoms with Gasteiger partial charge in [-0.05, 0) is 63.5 Å². The number of ether oxygens (including phenoxy) is 4. The van der Waals surface area contributed by atoms with Crippen LogP contribution in [0.15, 0.2) is 36.2 Å². The third kappa shape index (κ3) is 9.36. The number of hydrogen-bond donors (Lipinski definition) is 2. The van der Waals surface area contributed by atoms with Gasteiger partial charge in [0.2, 0.25) is 21.8 Å². The van der Waals surface area contributed by atoms with Gasteiger partial charge in [0, 0.05) is 42.8 Å². The summed E-state index contributed by atoms with van der Waals surface area (Å²) in [5, 5.41) is 5.51. The van der Waals surface area contributed by atoms with Gasteiger partial charge in [-0.1, -0.05) is 52.3 Å². The number of methoxy groups -OCH3 is 1. The Morgan fingerprint density at radius 2 is 1.81 bits per heavy atom. The van der Waals surface area contributed by atoms with Gasteiger partial charge in [0.15, 0.2) is 0 Å². The lowest BCUT2D eigenvalue weighted by molar-refractivity contribution is -0.155. The number of fused-ring (bicyclic) bond motifs is 2. The number of nitrogens with zero attached hydrogens (tertiary/aromatic N) is 4. The van der Waals surface area contributed by atoms with Crippen LogP contribution in [0.3, 0.4) is 0 Å². The number of piperazine rings is 1. The molecular formula is C44H57ClN6O10S2. The summed E-state index contributed by atoms with van der Waals surface area (Å²) in [7, 11) is -2.38. The lowest BCUT2D eigenvalue weighted by Gasteiger charge is -2.49. The number of thiazole rings is 1. The maximum Gasteiger partial charge on any atom is 0.411 e. The highest BCUT2D eigenvalue weighted by Gasteiger charge is 2.64.